The first-order valence-corrected chi connectivity index (χ1v) is 7.97. The van der Waals surface area contributed by atoms with Crippen molar-refractivity contribution in [1.82, 2.24) is 5.01 Å². The molecule has 1 fully saturated rings. The summed E-state index contributed by atoms with van der Waals surface area (Å²) in [6, 6.07) is 0. The van der Waals surface area contributed by atoms with Gasteiger partial charge in [-0.05, 0) is 13.3 Å². The first kappa shape index (κ1) is 13.5. The van der Waals surface area contributed by atoms with Crippen molar-refractivity contribution < 1.29 is 13.2 Å². The van der Waals surface area contributed by atoms with Crippen LogP contribution in [0.15, 0.2) is 5.10 Å². The van der Waals surface area contributed by atoms with E-state index in [0.717, 1.165) is 5.71 Å². The number of carbonyl (C=O) groups is 1. The predicted molar refractivity (Wildman–Crippen MR) is 70.0 cm³/mol. The molecule has 18 heavy (non-hydrogen) atoms. The fraction of sp³-hybridized carbons (Fsp3) is 0.833. The average molecular weight is 272 g/mol. The van der Waals surface area contributed by atoms with Crippen LogP contribution in [0.2, 0.25) is 0 Å². The third-order valence-electron chi connectivity index (χ3n) is 3.64. The summed E-state index contributed by atoms with van der Waals surface area (Å²) in [5.74, 6) is 0.0832. The Bertz CT molecular complexity index is 516. The van der Waals surface area contributed by atoms with E-state index in [1.54, 1.807) is 0 Å². The van der Waals surface area contributed by atoms with E-state index < -0.39 is 15.4 Å². The minimum atomic E-state index is -3.03. The van der Waals surface area contributed by atoms with Crippen LogP contribution in [0.3, 0.4) is 0 Å². The number of hydrogen-bond acceptors (Lipinski definition) is 4. The highest BCUT2D eigenvalue weighted by atomic mass is 32.2. The number of sulfone groups is 1. The third-order valence-corrected chi connectivity index (χ3v) is 5.52. The molecule has 1 unspecified atom stereocenters. The van der Waals surface area contributed by atoms with Gasteiger partial charge in [-0.15, -0.1) is 0 Å². The Morgan fingerprint density at radius 3 is 2.33 bits per heavy atom. The summed E-state index contributed by atoms with van der Waals surface area (Å²) >= 11 is 0. The first-order chi connectivity index (χ1) is 8.04. The Morgan fingerprint density at radius 2 is 1.94 bits per heavy atom. The second kappa shape index (κ2) is 3.79. The van der Waals surface area contributed by atoms with Gasteiger partial charge in [0.05, 0.1) is 29.2 Å². The van der Waals surface area contributed by atoms with Gasteiger partial charge in [0, 0.05) is 5.41 Å². The number of hydrazone groups is 1. The Kier molecular flexibility index (Phi) is 2.85. The van der Waals surface area contributed by atoms with Gasteiger partial charge < -0.3 is 0 Å². The van der Waals surface area contributed by atoms with Gasteiger partial charge in [-0.25, -0.2) is 13.4 Å². The van der Waals surface area contributed by atoms with Crippen LogP contribution in [0.4, 0.5) is 0 Å². The highest BCUT2D eigenvalue weighted by Gasteiger charge is 2.48. The molecule has 0 aromatic heterocycles. The molecule has 1 atom stereocenters. The van der Waals surface area contributed by atoms with Crippen LogP contribution in [0.5, 0.6) is 0 Å². The molecule has 2 aliphatic rings. The summed E-state index contributed by atoms with van der Waals surface area (Å²) in [5, 5.41) is 5.81. The minimum absolute atomic E-state index is 0.0205. The van der Waals surface area contributed by atoms with Crippen LogP contribution in [-0.2, 0) is 14.6 Å². The van der Waals surface area contributed by atoms with E-state index in [4.69, 9.17) is 0 Å². The van der Waals surface area contributed by atoms with Crippen molar-refractivity contribution in [3.8, 4) is 0 Å². The van der Waals surface area contributed by atoms with Gasteiger partial charge >= 0.3 is 0 Å². The zero-order valence-corrected chi connectivity index (χ0v) is 12.2. The zero-order chi connectivity index (χ0) is 13.8. The molecule has 0 N–H and O–H groups in total. The van der Waals surface area contributed by atoms with E-state index in [2.05, 4.69) is 5.10 Å². The maximum Gasteiger partial charge on any atom is 0.248 e. The highest BCUT2D eigenvalue weighted by Crippen LogP contribution is 2.35. The van der Waals surface area contributed by atoms with Crippen LogP contribution < -0.4 is 0 Å². The van der Waals surface area contributed by atoms with Crippen LogP contribution in [0, 0.1) is 5.41 Å². The quantitative estimate of drug-likeness (QED) is 0.720. The second-order valence-corrected chi connectivity index (χ2v) is 8.70. The summed E-state index contributed by atoms with van der Waals surface area (Å²) < 4.78 is 23.2. The Labute approximate surface area is 108 Å². The van der Waals surface area contributed by atoms with Crippen molar-refractivity contribution in [2.75, 3.05) is 11.5 Å². The molecule has 0 aliphatic carbocycles. The van der Waals surface area contributed by atoms with E-state index in [1.807, 2.05) is 27.7 Å². The molecule has 6 heteroatoms. The van der Waals surface area contributed by atoms with Crippen LogP contribution in [0.25, 0.3) is 0 Å². The monoisotopic (exact) mass is 272 g/mol. The zero-order valence-electron chi connectivity index (χ0n) is 11.4. The molecule has 0 aromatic rings. The van der Waals surface area contributed by atoms with E-state index in [1.165, 1.54) is 5.01 Å². The molecule has 2 rings (SSSR count). The molecule has 0 saturated carbocycles. The lowest BCUT2D eigenvalue weighted by Crippen LogP contribution is -2.45. The van der Waals surface area contributed by atoms with Gasteiger partial charge in [0.1, 0.15) is 0 Å². The van der Waals surface area contributed by atoms with Gasteiger partial charge in [-0.3, -0.25) is 4.79 Å². The Morgan fingerprint density at radius 1 is 1.33 bits per heavy atom. The lowest BCUT2D eigenvalue weighted by Gasteiger charge is -2.30. The smallest absolute Gasteiger partial charge is 0.248 e. The lowest BCUT2D eigenvalue weighted by atomic mass is 9.88. The lowest BCUT2D eigenvalue weighted by molar-refractivity contribution is -0.133. The standard InChI is InChI=1S/C12H20N2O3S/c1-11(2,3)9-7-10(15)14(13-9)12(4)5-6-18(16,17)8-12/h5-8H2,1-4H3. The normalized spacial score (nSPS) is 31.9. The number of amides is 1. The maximum atomic E-state index is 12.1. The molecule has 0 radical (unpaired) electrons. The molecule has 2 aliphatic heterocycles. The second-order valence-electron chi connectivity index (χ2n) is 6.52. The molecule has 1 saturated heterocycles. The molecule has 2 heterocycles. The van der Waals surface area contributed by atoms with Gasteiger partial charge in [0.25, 0.3) is 0 Å². The van der Waals surface area contributed by atoms with Gasteiger partial charge in [-0.1, -0.05) is 20.8 Å². The Balaban J connectivity index is 2.30. The number of carbonyl (C=O) groups excluding carboxylic acids is 1. The first-order valence-electron chi connectivity index (χ1n) is 6.15. The minimum Gasteiger partial charge on any atom is -0.273 e. The van der Waals surface area contributed by atoms with Crippen LogP contribution >= 0.6 is 0 Å². The topological polar surface area (TPSA) is 66.8 Å². The van der Waals surface area contributed by atoms with Crippen LogP contribution in [-0.4, -0.2) is 42.1 Å². The maximum absolute atomic E-state index is 12.1. The molecule has 0 aromatic carbocycles. The SMILES string of the molecule is CC(C)(C)C1=NN(C2(C)CCS(=O)(=O)C2)C(=O)C1. The summed E-state index contributed by atoms with van der Waals surface area (Å²) in [7, 11) is -3.03. The largest absolute Gasteiger partial charge is 0.273 e. The van der Waals surface area contributed by atoms with E-state index in [0.29, 0.717) is 12.8 Å². The summed E-state index contributed by atoms with van der Waals surface area (Å²) in [5.41, 5.74) is 0.0132. The van der Waals surface area contributed by atoms with Gasteiger partial charge in [0.2, 0.25) is 5.91 Å². The van der Waals surface area contributed by atoms with Crippen molar-refractivity contribution in [2.24, 2.45) is 10.5 Å². The van der Waals surface area contributed by atoms with E-state index in [-0.39, 0.29) is 22.8 Å². The summed E-state index contributed by atoms with van der Waals surface area (Å²) in [6.07, 6.45) is 0.779. The summed E-state index contributed by atoms with van der Waals surface area (Å²) in [4.78, 5) is 12.1. The van der Waals surface area contributed by atoms with Crippen molar-refractivity contribution in [1.29, 1.82) is 0 Å². The van der Waals surface area contributed by atoms with Crippen molar-refractivity contribution in [3.05, 3.63) is 0 Å². The van der Waals surface area contributed by atoms with Gasteiger partial charge in [0.15, 0.2) is 9.84 Å². The van der Waals surface area contributed by atoms with Crippen molar-refractivity contribution >= 4 is 21.5 Å². The van der Waals surface area contributed by atoms with E-state index in [9.17, 15) is 13.2 Å². The fourth-order valence-corrected chi connectivity index (χ4v) is 4.54. The molecule has 102 valence electrons. The molecular weight excluding hydrogens is 252 g/mol. The number of rotatable bonds is 1. The molecule has 1 amide bonds. The van der Waals surface area contributed by atoms with Crippen molar-refractivity contribution in [2.45, 2.75) is 46.1 Å². The van der Waals surface area contributed by atoms with Gasteiger partial charge in [-0.2, -0.15) is 5.10 Å². The molecule has 0 spiro atoms. The Hall–Kier alpha value is -0.910. The molecular formula is C12H20N2O3S. The predicted octanol–water partition coefficient (Wildman–Crippen LogP) is 1.20. The fourth-order valence-electron chi connectivity index (χ4n) is 2.43. The highest BCUT2D eigenvalue weighted by molar-refractivity contribution is 7.91. The molecule has 5 nitrogen and oxygen atoms in total. The number of hydrogen-bond donors (Lipinski definition) is 0. The molecule has 0 bridgehead atoms. The third kappa shape index (κ3) is 2.30. The van der Waals surface area contributed by atoms with E-state index >= 15 is 0 Å². The van der Waals surface area contributed by atoms with Crippen molar-refractivity contribution in [3.63, 3.8) is 0 Å². The summed E-state index contributed by atoms with van der Waals surface area (Å²) in [6.45, 7) is 7.84. The number of nitrogens with zero attached hydrogens (tertiary/aromatic N) is 2. The average Bonchev–Trinajstić information content (AvgIpc) is 2.68. The van der Waals surface area contributed by atoms with Crippen LogP contribution in [0.1, 0.15) is 40.5 Å².